The Kier molecular flexibility index (Phi) is 4.24. The second-order valence-electron chi connectivity index (χ2n) is 4.77. The van der Waals surface area contributed by atoms with Gasteiger partial charge >= 0.3 is 0 Å². The fraction of sp³-hybridized carbons (Fsp3) is 0.429. The van der Waals surface area contributed by atoms with Crippen LogP contribution in [0.3, 0.4) is 0 Å². The monoisotopic (exact) mass is 275 g/mol. The quantitative estimate of drug-likeness (QED) is 0.574. The number of rotatable bonds is 5. The number of aromatic nitrogens is 2. The Morgan fingerprint density at radius 2 is 1.95 bits per heavy atom. The smallest absolute Gasteiger partial charge is 0.148 e. The first kappa shape index (κ1) is 14.3. The Morgan fingerprint density at radius 3 is 2.50 bits per heavy atom. The zero-order chi connectivity index (χ0) is 14.7. The number of nitrogens with zero attached hydrogens (tertiary/aromatic N) is 2. The normalized spacial score (nSPS) is 12.2. The predicted molar refractivity (Wildman–Crippen MR) is 79.4 cm³/mol. The van der Waals surface area contributed by atoms with Crippen LogP contribution in [0, 0.1) is 13.8 Å². The van der Waals surface area contributed by atoms with E-state index in [0.29, 0.717) is 5.82 Å². The Labute approximate surface area is 118 Å². The van der Waals surface area contributed by atoms with Crippen molar-refractivity contribution in [3.05, 3.63) is 35.0 Å². The fourth-order valence-electron chi connectivity index (χ4n) is 1.96. The summed E-state index contributed by atoms with van der Waals surface area (Å²) in [4.78, 5) is 8.86. The molecule has 6 heteroatoms. The van der Waals surface area contributed by atoms with Gasteiger partial charge in [0.15, 0.2) is 0 Å². The van der Waals surface area contributed by atoms with E-state index in [2.05, 4.69) is 20.7 Å². The number of nitrogen functional groups attached to an aromatic ring is 1. The molecule has 0 saturated carbocycles. The minimum Gasteiger partial charge on any atom is -0.464 e. The molecular formula is C14H21N5O. The van der Waals surface area contributed by atoms with E-state index in [-0.39, 0.29) is 6.04 Å². The lowest BCUT2D eigenvalue weighted by Crippen LogP contribution is -2.16. The molecule has 0 aliphatic rings. The van der Waals surface area contributed by atoms with Crippen molar-refractivity contribution in [1.82, 2.24) is 9.97 Å². The summed E-state index contributed by atoms with van der Waals surface area (Å²) in [5.74, 6) is 9.43. The highest BCUT2D eigenvalue weighted by molar-refractivity contribution is 5.57. The lowest BCUT2D eigenvalue weighted by Gasteiger charge is -2.16. The van der Waals surface area contributed by atoms with Crippen LogP contribution in [-0.2, 0) is 6.42 Å². The van der Waals surface area contributed by atoms with Gasteiger partial charge in [0.25, 0.3) is 0 Å². The van der Waals surface area contributed by atoms with Crippen LogP contribution in [0.5, 0.6) is 0 Å². The first-order valence-corrected chi connectivity index (χ1v) is 6.72. The molecule has 2 rings (SSSR count). The van der Waals surface area contributed by atoms with Gasteiger partial charge < -0.3 is 15.2 Å². The van der Waals surface area contributed by atoms with Gasteiger partial charge in [-0.3, -0.25) is 0 Å². The number of furan rings is 1. The Bertz CT molecular complexity index is 593. The molecular weight excluding hydrogens is 254 g/mol. The third-order valence-corrected chi connectivity index (χ3v) is 3.19. The van der Waals surface area contributed by atoms with E-state index >= 15 is 0 Å². The van der Waals surface area contributed by atoms with Crippen molar-refractivity contribution in [3.8, 4) is 0 Å². The predicted octanol–water partition coefficient (Wildman–Crippen LogP) is 2.71. The van der Waals surface area contributed by atoms with Crippen LogP contribution in [0.1, 0.15) is 42.8 Å². The Hall–Kier alpha value is -2.08. The SMILES string of the molecule is CCc1nc(NN)c(C)c(NC(C)c2ccc(C)o2)n1. The molecule has 0 radical (unpaired) electrons. The number of hydrogen-bond acceptors (Lipinski definition) is 6. The summed E-state index contributed by atoms with van der Waals surface area (Å²) in [6.07, 6.45) is 0.748. The molecule has 6 nitrogen and oxygen atoms in total. The molecule has 4 N–H and O–H groups in total. The summed E-state index contributed by atoms with van der Waals surface area (Å²) < 4.78 is 5.62. The highest BCUT2D eigenvalue weighted by Crippen LogP contribution is 2.25. The summed E-state index contributed by atoms with van der Waals surface area (Å²) in [5, 5.41) is 3.35. The van der Waals surface area contributed by atoms with Crippen molar-refractivity contribution in [1.29, 1.82) is 0 Å². The van der Waals surface area contributed by atoms with E-state index in [1.165, 1.54) is 0 Å². The molecule has 0 aliphatic heterocycles. The van der Waals surface area contributed by atoms with E-state index in [1.54, 1.807) is 0 Å². The largest absolute Gasteiger partial charge is 0.464 e. The standard InChI is InChI=1S/C14H21N5O/c1-5-12-17-13(9(3)14(18-12)19-15)16-10(4)11-7-6-8(2)20-11/h6-7,10H,5,15H2,1-4H3,(H2,16,17,18,19). The van der Waals surface area contributed by atoms with Crippen molar-refractivity contribution in [3.63, 3.8) is 0 Å². The van der Waals surface area contributed by atoms with E-state index in [9.17, 15) is 0 Å². The van der Waals surface area contributed by atoms with Crippen LogP contribution >= 0.6 is 0 Å². The van der Waals surface area contributed by atoms with Gasteiger partial charge in [-0.15, -0.1) is 0 Å². The van der Waals surface area contributed by atoms with Crippen LogP contribution in [0.15, 0.2) is 16.5 Å². The summed E-state index contributed by atoms with van der Waals surface area (Å²) in [6.45, 7) is 7.89. The first-order valence-electron chi connectivity index (χ1n) is 6.72. The van der Waals surface area contributed by atoms with Crippen molar-refractivity contribution < 1.29 is 4.42 Å². The van der Waals surface area contributed by atoms with Gasteiger partial charge in [0, 0.05) is 12.0 Å². The molecule has 2 heterocycles. The number of aryl methyl sites for hydroxylation is 2. The molecule has 1 unspecified atom stereocenters. The minimum atomic E-state index is 0.0210. The maximum atomic E-state index is 5.62. The Morgan fingerprint density at radius 1 is 1.25 bits per heavy atom. The van der Waals surface area contributed by atoms with Crippen molar-refractivity contribution in [2.45, 2.75) is 40.2 Å². The summed E-state index contributed by atoms with van der Waals surface area (Å²) in [5.41, 5.74) is 3.50. The van der Waals surface area contributed by atoms with Crippen LogP contribution in [-0.4, -0.2) is 9.97 Å². The van der Waals surface area contributed by atoms with Crippen LogP contribution in [0.4, 0.5) is 11.6 Å². The van der Waals surface area contributed by atoms with Gasteiger partial charge in [-0.1, -0.05) is 6.92 Å². The maximum absolute atomic E-state index is 5.62. The highest BCUT2D eigenvalue weighted by Gasteiger charge is 2.14. The molecule has 1 atom stereocenters. The summed E-state index contributed by atoms with van der Waals surface area (Å²) >= 11 is 0. The second kappa shape index (κ2) is 5.92. The molecule has 0 fully saturated rings. The molecule has 2 aromatic rings. The van der Waals surface area contributed by atoms with Crippen LogP contribution in [0.25, 0.3) is 0 Å². The van der Waals surface area contributed by atoms with Crippen molar-refractivity contribution in [2.24, 2.45) is 5.84 Å². The molecule has 0 spiro atoms. The van der Waals surface area contributed by atoms with Crippen molar-refractivity contribution in [2.75, 3.05) is 10.7 Å². The van der Waals surface area contributed by atoms with Gasteiger partial charge in [0.1, 0.15) is 29.0 Å². The van der Waals surface area contributed by atoms with E-state index in [0.717, 1.165) is 35.1 Å². The molecule has 0 bridgehead atoms. The van der Waals surface area contributed by atoms with Crippen LogP contribution < -0.4 is 16.6 Å². The minimum absolute atomic E-state index is 0.0210. The average molecular weight is 275 g/mol. The molecule has 2 aromatic heterocycles. The molecule has 108 valence electrons. The molecule has 0 aliphatic carbocycles. The topological polar surface area (TPSA) is 89.0 Å². The third kappa shape index (κ3) is 2.91. The Balaban J connectivity index is 2.28. The van der Waals surface area contributed by atoms with E-state index in [4.69, 9.17) is 10.3 Å². The average Bonchev–Trinajstić information content (AvgIpc) is 2.87. The number of hydrazine groups is 1. The molecule has 0 aromatic carbocycles. The van der Waals surface area contributed by atoms with E-state index < -0.39 is 0 Å². The summed E-state index contributed by atoms with van der Waals surface area (Å²) in [6, 6.07) is 3.93. The van der Waals surface area contributed by atoms with Gasteiger partial charge in [0.2, 0.25) is 0 Å². The van der Waals surface area contributed by atoms with Gasteiger partial charge in [-0.05, 0) is 32.9 Å². The maximum Gasteiger partial charge on any atom is 0.148 e. The number of nitrogens with two attached hydrogens (primary N) is 1. The summed E-state index contributed by atoms with van der Waals surface area (Å²) in [7, 11) is 0. The van der Waals surface area contributed by atoms with E-state index in [1.807, 2.05) is 39.8 Å². The first-order chi connectivity index (χ1) is 9.55. The highest BCUT2D eigenvalue weighted by atomic mass is 16.3. The zero-order valence-corrected chi connectivity index (χ0v) is 12.3. The molecule has 0 amide bonds. The number of hydrogen-bond donors (Lipinski definition) is 3. The van der Waals surface area contributed by atoms with Crippen molar-refractivity contribution >= 4 is 11.6 Å². The fourth-order valence-corrected chi connectivity index (χ4v) is 1.96. The molecule has 0 saturated heterocycles. The van der Waals surface area contributed by atoms with Gasteiger partial charge in [-0.2, -0.15) is 0 Å². The lowest BCUT2D eigenvalue weighted by molar-refractivity contribution is 0.466. The van der Waals surface area contributed by atoms with Gasteiger partial charge in [0.05, 0.1) is 6.04 Å². The molecule has 20 heavy (non-hydrogen) atoms. The third-order valence-electron chi connectivity index (χ3n) is 3.19. The number of anilines is 2. The number of nitrogens with one attached hydrogen (secondary N) is 2. The van der Waals surface area contributed by atoms with Gasteiger partial charge in [-0.25, -0.2) is 15.8 Å². The second-order valence-corrected chi connectivity index (χ2v) is 4.77. The lowest BCUT2D eigenvalue weighted by atomic mass is 10.2. The zero-order valence-electron chi connectivity index (χ0n) is 12.3. The van der Waals surface area contributed by atoms with Crippen LogP contribution in [0.2, 0.25) is 0 Å².